The summed E-state index contributed by atoms with van der Waals surface area (Å²) >= 11 is 0. The summed E-state index contributed by atoms with van der Waals surface area (Å²) in [5.41, 5.74) is 0.657. The molecule has 0 radical (unpaired) electrons. The number of rotatable bonds is 2. The van der Waals surface area contributed by atoms with E-state index in [1.807, 2.05) is 6.07 Å². The highest BCUT2D eigenvalue weighted by Gasteiger charge is 2.18. The standard InChI is InChI=1S/C14H17N3O3/c1-9-15-12(20-17-9)10-7-5-6-8-11(10)16-13(18)19-14(2,3)4/h5-8H,1-4H3,(H,16,18). The number of para-hydroxylation sites is 1. The third-order valence-electron chi connectivity index (χ3n) is 2.32. The zero-order valence-electron chi connectivity index (χ0n) is 11.9. The second-order valence-corrected chi connectivity index (χ2v) is 5.32. The van der Waals surface area contributed by atoms with E-state index in [2.05, 4.69) is 15.5 Å². The van der Waals surface area contributed by atoms with E-state index in [1.54, 1.807) is 45.9 Å². The second kappa shape index (κ2) is 5.32. The van der Waals surface area contributed by atoms with Crippen LogP contribution >= 0.6 is 0 Å². The largest absolute Gasteiger partial charge is 0.444 e. The summed E-state index contributed by atoms with van der Waals surface area (Å²) < 4.78 is 10.3. The van der Waals surface area contributed by atoms with Crippen molar-refractivity contribution in [2.24, 2.45) is 0 Å². The number of hydrogen-bond acceptors (Lipinski definition) is 5. The van der Waals surface area contributed by atoms with Crippen molar-refractivity contribution < 1.29 is 14.1 Å². The topological polar surface area (TPSA) is 77.2 Å². The first-order valence-electron chi connectivity index (χ1n) is 6.25. The van der Waals surface area contributed by atoms with E-state index < -0.39 is 11.7 Å². The third-order valence-corrected chi connectivity index (χ3v) is 2.32. The van der Waals surface area contributed by atoms with Gasteiger partial charge >= 0.3 is 6.09 Å². The fraction of sp³-hybridized carbons (Fsp3) is 0.357. The first-order chi connectivity index (χ1) is 9.35. The molecule has 0 aliphatic carbocycles. The van der Waals surface area contributed by atoms with Crippen molar-refractivity contribution in [1.82, 2.24) is 10.1 Å². The highest BCUT2D eigenvalue weighted by Crippen LogP contribution is 2.26. The molecule has 20 heavy (non-hydrogen) atoms. The summed E-state index contributed by atoms with van der Waals surface area (Å²) in [5.74, 6) is 0.890. The third kappa shape index (κ3) is 3.57. The van der Waals surface area contributed by atoms with E-state index in [0.29, 0.717) is 23.0 Å². The molecule has 6 heteroatoms. The molecule has 0 bridgehead atoms. The van der Waals surface area contributed by atoms with Gasteiger partial charge in [0.15, 0.2) is 5.82 Å². The number of carbonyl (C=O) groups is 1. The number of aromatic nitrogens is 2. The Kier molecular flexibility index (Phi) is 3.74. The molecule has 0 atom stereocenters. The van der Waals surface area contributed by atoms with Crippen LogP contribution in [-0.2, 0) is 4.74 Å². The van der Waals surface area contributed by atoms with Gasteiger partial charge in [-0.1, -0.05) is 17.3 Å². The van der Waals surface area contributed by atoms with Gasteiger partial charge in [0.2, 0.25) is 0 Å². The van der Waals surface area contributed by atoms with E-state index in [0.717, 1.165) is 0 Å². The van der Waals surface area contributed by atoms with E-state index >= 15 is 0 Å². The van der Waals surface area contributed by atoms with Crippen molar-refractivity contribution >= 4 is 11.8 Å². The Balaban J connectivity index is 2.23. The molecule has 0 aliphatic rings. The average Bonchev–Trinajstić information content (AvgIpc) is 2.74. The minimum Gasteiger partial charge on any atom is -0.444 e. The number of aryl methyl sites for hydroxylation is 1. The van der Waals surface area contributed by atoms with Crippen molar-refractivity contribution in [3.05, 3.63) is 30.1 Å². The quantitative estimate of drug-likeness (QED) is 0.908. The lowest BCUT2D eigenvalue weighted by Gasteiger charge is -2.20. The van der Waals surface area contributed by atoms with Gasteiger partial charge in [0, 0.05) is 0 Å². The molecular formula is C14H17N3O3. The highest BCUT2D eigenvalue weighted by atomic mass is 16.6. The predicted octanol–water partition coefficient (Wildman–Crippen LogP) is 3.39. The zero-order chi connectivity index (χ0) is 14.8. The van der Waals surface area contributed by atoms with Crippen LogP contribution in [0.4, 0.5) is 10.5 Å². The van der Waals surface area contributed by atoms with Crippen LogP contribution in [0, 0.1) is 6.92 Å². The van der Waals surface area contributed by atoms with E-state index in [4.69, 9.17) is 9.26 Å². The van der Waals surface area contributed by atoms with E-state index in [9.17, 15) is 4.79 Å². The Labute approximate surface area is 117 Å². The maximum absolute atomic E-state index is 11.8. The number of carbonyl (C=O) groups excluding carboxylic acids is 1. The van der Waals surface area contributed by atoms with Gasteiger partial charge in [-0.05, 0) is 39.8 Å². The van der Waals surface area contributed by atoms with Crippen LogP contribution < -0.4 is 5.32 Å². The number of amides is 1. The molecule has 1 heterocycles. The molecule has 1 amide bonds. The second-order valence-electron chi connectivity index (χ2n) is 5.32. The summed E-state index contributed by atoms with van der Waals surface area (Å²) in [6.45, 7) is 7.15. The van der Waals surface area contributed by atoms with Crippen LogP contribution in [0.15, 0.2) is 28.8 Å². The Morgan fingerprint density at radius 1 is 1.30 bits per heavy atom. The maximum atomic E-state index is 11.8. The van der Waals surface area contributed by atoms with Gasteiger partial charge < -0.3 is 9.26 Å². The van der Waals surface area contributed by atoms with E-state index in [-0.39, 0.29) is 0 Å². The monoisotopic (exact) mass is 275 g/mol. The Morgan fingerprint density at radius 3 is 2.60 bits per heavy atom. The van der Waals surface area contributed by atoms with Crippen LogP contribution in [0.5, 0.6) is 0 Å². The molecule has 0 spiro atoms. The maximum Gasteiger partial charge on any atom is 0.412 e. The van der Waals surface area contributed by atoms with Gasteiger partial charge in [-0.15, -0.1) is 0 Å². The van der Waals surface area contributed by atoms with Crippen LogP contribution in [0.3, 0.4) is 0 Å². The SMILES string of the molecule is Cc1noc(-c2ccccc2NC(=O)OC(C)(C)C)n1. The van der Waals surface area contributed by atoms with Gasteiger partial charge in [0.05, 0.1) is 11.3 Å². The Bertz CT molecular complexity index is 614. The van der Waals surface area contributed by atoms with Gasteiger partial charge in [-0.2, -0.15) is 4.98 Å². The number of hydrogen-bond donors (Lipinski definition) is 1. The molecule has 1 N–H and O–H groups in total. The summed E-state index contributed by atoms with van der Waals surface area (Å²) in [7, 11) is 0. The van der Waals surface area contributed by atoms with E-state index in [1.165, 1.54) is 0 Å². The fourth-order valence-electron chi connectivity index (χ4n) is 1.60. The fourth-order valence-corrected chi connectivity index (χ4v) is 1.60. The van der Waals surface area contributed by atoms with Gasteiger partial charge in [-0.25, -0.2) is 4.79 Å². The van der Waals surface area contributed by atoms with Gasteiger partial charge in [0.1, 0.15) is 5.60 Å². The van der Waals surface area contributed by atoms with Gasteiger partial charge in [-0.3, -0.25) is 5.32 Å². The number of anilines is 1. The zero-order valence-corrected chi connectivity index (χ0v) is 11.9. The van der Waals surface area contributed by atoms with Crippen molar-refractivity contribution in [3.8, 4) is 11.5 Å². The van der Waals surface area contributed by atoms with Gasteiger partial charge in [0.25, 0.3) is 5.89 Å². The molecule has 1 aromatic heterocycles. The summed E-state index contributed by atoms with van der Waals surface area (Å²) in [6.07, 6.45) is -0.527. The molecule has 0 saturated heterocycles. The summed E-state index contributed by atoms with van der Waals surface area (Å²) in [5, 5.41) is 6.43. The molecule has 6 nitrogen and oxygen atoms in total. The highest BCUT2D eigenvalue weighted by molar-refractivity contribution is 5.90. The number of nitrogens with zero attached hydrogens (tertiary/aromatic N) is 2. The molecule has 2 rings (SSSR count). The molecule has 2 aromatic rings. The predicted molar refractivity (Wildman–Crippen MR) is 74.3 cm³/mol. The van der Waals surface area contributed by atoms with Crippen molar-refractivity contribution in [1.29, 1.82) is 0 Å². The minimum absolute atomic E-state index is 0.356. The smallest absolute Gasteiger partial charge is 0.412 e. The Morgan fingerprint density at radius 2 is 2.00 bits per heavy atom. The van der Waals surface area contributed by atoms with Crippen LogP contribution in [-0.4, -0.2) is 21.8 Å². The van der Waals surface area contributed by atoms with Crippen molar-refractivity contribution in [3.63, 3.8) is 0 Å². The molecule has 1 aromatic carbocycles. The lowest BCUT2D eigenvalue weighted by Crippen LogP contribution is -2.27. The van der Waals surface area contributed by atoms with Crippen molar-refractivity contribution in [2.45, 2.75) is 33.3 Å². The van der Waals surface area contributed by atoms with Crippen molar-refractivity contribution in [2.75, 3.05) is 5.32 Å². The number of nitrogens with one attached hydrogen (secondary N) is 1. The normalized spacial score (nSPS) is 11.2. The molecule has 0 saturated carbocycles. The first-order valence-corrected chi connectivity index (χ1v) is 6.25. The molecular weight excluding hydrogens is 258 g/mol. The van der Waals surface area contributed by atoms with Crippen LogP contribution in [0.25, 0.3) is 11.5 Å². The summed E-state index contributed by atoms with van der Waals surface area (Å²) in [4.78, 5) is 16.0. The molecule has 0 aliphatic heterocycles. The molecule has 0 fully saturated rings. The van der Waals surface area contributed by atoms with Crippen LogP contribution in [0.1, 0.15) is 26.6 Å². The summed E-state index contributed by atoms with van der Waals surface area (Å²) in [6, 6.07) is 7.17. The molecule has 0 unspecified atom stereocenters. The number of ether oxygens (including phenoxy) is 1. The minimum atomic E-state index is -0.555. The average molecular weight is 275 g/mol. The molecule has 106 valence electrons. The lowest BCUT2D eigenvalue weighted by molar-refractivity contribution is 0.0636. The Hall–Kier alpha value is -2.37. The lowest BCUT2D eigenvalue weighted by atomic mass is 10.2. The van der Waals surface area contributed by atoms with Crippen LogP contribution in [0.2, 0.25) is 0 Å². The number of benzene rings is 1. The first kappa shape index (κ1) is 14.0.